The maximum Gasteiger partial charge on any atom is 0.239 e. The third-order valence-corrected chi connectivity index (χ3v) is 2.94. The van der Waals surface area contributed by atoms with E-state index in [-0.39, 0.29) is 18.4 Å². The van der Waals surface area contributed by atoms with Crippen LogP contribution in [0, 0.1) is 6.92 Å². The van der Waals surface area contributed by atoms with Gasteiger partial charge < -0.3 is 16.0 Å². The van der Waals surface area contributed by atoms with Crippen molar-refractivity contribution in [3.8, 4) is 0 Å². The van der Waals surface area contributed by atoms with Crippen LogP contribution in [0.15, 0.2) is 18.2 Å². The average molecular weight is 277 g/mol. The Hall–Kier alpha value is -2.04. The Morgan fingerprint density at radius 1 is 1.10 bits per heavy atom. The topological polar surface area (TPSA) is 70.2 Å². The molecule has 0 aromatic heterocycles. The highest BCUT2D eigenvalue weighted by atomic mass is 16.2. The number of nitrogens with one attached hydrogen (secondary N) is 3. The molecule has 0 bridgehead atoms. The van der Waals surface area contributed by atoms with Crippen molar-refractivity contribution in [1.29, 1.82) is 0 Å². The van der Waals surface area contributed by atoms with Crippen LogP contribution in [-0.4, -0.2) is 24.9 Å². The molecule has 0 atom stereocenters. The zero-order valence-corrected chi connectivity index (χ0v) is 12.4. The summed E-state index contributed by atoms with van der Waals surface area (Å²) in [6, 6.07) is 5.60. The molecule has 0 aliphatic rings. The number of hydrogen-bond acceptors (Lipinski definition) is 3. The number of rotatable bonds is 7. The Balaban J connectivity index is 2.64. The predicted octanol–water partition coefficient (Wildman–Crippen LogP) is 2.28. The van der Waals surface area contributed by atoms with Crippen LogP contribution >= 0.6 is 0 Å². The van der Waals surface area contributed by atoms with Gasteiger partial charge in [0.05, 0.1) is 6.54 Å². The van der Waals surface area contributed by atoms with Gasteiger partial charge in [-0.2, -0.15) is 0 Å². The molecular weight excluding hydrogens is 254 g/mol. The van der Waals surface area contributed by atoms with E-state index in [9.17, 15) is 9.59 Å². The van der Waals surface area contributed by atoms with Crippen LogP contribution in [0.2, 0.25) is 0 Å². The number of carbonyl (C=O) groups excluding carboxylic acids is 2. The van der Waals surface area contributed by atoms with E-state index in [4.69, 9.17) is 0 Å². The van der Waals surface area contributed by atoms with Crippen molar-refractivity contribution in [2.45, 2.75) is 33.6 Å². The molecule has 0 saturated carbocycles. The molecular formula is C15H23N3O2. The van der Waals surface area contributed by atoms with E-state index >= 15 is 0 Å². The van der Waals surface area contributed by atoms with Crippen LogP contribution in [0.25, 0.3) is 0 Å². The number of amides is 2. The van der Waals surface area contributed by atoms with Crippen LogP contribution in [0.3, 0.4) is 0 Å². The van der Waals surface area contributed by atoms with E-state index in [0.717, 1.165) is 23.4 Å². The summed E-state index contributed by atoms with van der Waals surface area (Å²) in [6.45, 7) is 6.65. The molecule has 0 spiro atoms. The Kier molecular flexibility index (Phi) is 6.56. The summed E-state index contributed by atoms with van der Waals surface area (Å²) in [5.41, 5.74) is 2.55. The van der Waals surface area contributed by atoms with Gasteiger partial charge in [-0.15, -0.1) is 0 Å². The van der Waals surface area contributed by atoms with Gasteiger partial charge in [-0.25, -0.2) is 0 Å². The van der Waals surface area contributed by atoms with E-state index in [1.807, 2.05) is 39.0 Å². The Morgan fingerprint density at radius 3 is 2.45 bits per heavy atom. The number of hydrogen-bond donors (Lipinski definition) is 3. The lowest BCUT2D eigenvalue weighted by atomic mass is 10.1. The molecule has 1 aromatic rings. The summed E-state index contributed by atoms with van der Waals surface area (Å²) in [7, 11) is 0. The maximum atomic E-state index is 11.6. The third kappa shape index (κ3) is 4.91. The normalized spacial score (nSPS) is 9.95. The van der Waals surface area contributed by atoms with Crippen LogP contribution in [-0.2, 0) is 9.59 Å². The fraction of sp³-hybridized carbons (Fsp3) is 0.467. The van der Waals surface area contributed by atoms with Gasteiger partial charge in [-0.3, -0.25) is 9.59 Å². The number of carbonyl (C=O) groups is 2. The lowest BCUT2D eigenvalue weighted by Crippen LogP contribution is -2.30. The third-order valence-electron chi connectivity index (χ3n) is 2.94. The van der Waals surface area contributed by atoms with Crippen molar-refractivity contribution < 1.29 is 9.59 Å². The minimum atomic E-state index is -0.0331. The lowest BCUT2D eigenvalue weighted by Gasteiger charge is -2.13. The summed E-state index contributed by atoms with van der Waals surface area (Å²) in [5, 5.41) is 8.74. The monoisotopic (exact) mass is 277 g/mol. The highest BCUT2D eigenvalue weighted by Crippen LogP contribution is 2.23. The molecule has 0 unspecified atom stereocenters. The van der Waals surface area contributed by atoms with Gasteiger partial charge in [0.2, 0.25) is 11.8 Å². The molecule has 0 aliphatic heterocycles. The maximum absolute atomic E-state index is 11.6. The number of anilines is 2. The molecule has 5 nitrogen and oxygen atoms in total. The summed E-state index contributed by atoms with van der Waals surface area (Å²) in [5.74, 6) is -0.0554. The zero-order chi connectivity index (χ0) is 15.0. The first-order chi connectivity index (χ1) is 9.58. The van der Waals surface area contributed by atoms with E-state index in [1.54, 1.807) is 0 Å². The minimum Gasteiger partial charge on any atom is -0.376 e. The first kappa shape index (κ1) is 16.0. The summed E-state index contributed by atoms with van der Waals surface area (Å²) in [4.78, 5) is 23.0. The zero-order valence-electron chi connectivity index (χ0n) is 12.4. The van der Waals surface area contributed by atoms with Gasteiger partial charge in [0.15, 0.2) is 0 Å². The van der Waals surface area contributed by atoms with Crippen molar-refractivity contribution in [2.75, 3.05) is 23.7 Å². The van der Waals surface area contributed by atoms with E-state index < -0.39 is 0 Å². The quantitative estimate of drug-likeness (QED) is 0.716. The standard InChI is InChI=1S/C15H23N3O2/c1-4-9-16-15(20)10-17-12-7-6-8-13(11(12)3)18-14(19)5-2/h6-8,17H,4-5,9-10H2,1-3H3,(H,16,20)(H,18,19). The summed E-state index contributed by atoms with van der Waals surface area (Å²) >= 11 is 0. The number of benzene rings is 1. The van der Waals surface area contributed by atoms with Crippen LogP contribution < -0.4 is 16.0 Å². The Morgan fingerprint density at radius 2 is 1.80 bits per heavy atom. The molecule has 20 heavy (non-hydrogen) atoms. The van der Waals surface area contributed by atoms with Gasteiger partial charge >= 0.3 is 0 Å². The van der Waals surface area contributed by atoms with E-state index in [1.165, 1.54) is 0 Å². The molecule has 110 valence electrons. The van der Waals surface area contributed by atoms with Gasteiger partial charge in [-0.05, 0) is 31.0 Å². The molecule has 0 fully saturated rings. The fourth-order valence-electron chi connectivity index (χ4n) is 1.70. The van der Waals surface area contributed by atoms with Crippen molar-refractivity contribution in [1.82, 2.24) is 5.32 Å². The molecule has 3 N–H and O–H groups in total. The smallest absolute Gasteiger partial charge is 0.239 e. The van der Waals surface area contributed by atoms with Gasteiger partial charge in [0, 0.05) is 24.3 Å². The van der Waals surface area contributed by atoms with E-state index in [0.29, 0.717) is 13.0 Å². The molecule has 5 heteroatoms. The first-order valence-corrected chi connectivity index (χ1v) is 6.98. The average Bonchev–Trinajstić information content (AvgIpc) is 2.45. The fourth-order valence-corrected chi connectivity index (χ4v) is 1.70. The van der Waals surface area contributed by atoms with Gasteiger partial charge in [0.1, 0.15) is 0 Å². The van der Waals surface area contributed by atoms with E-state index in [2.05, 4.69) is 16.0 Å². The second-order valence-electron chi connectivity index (χ2n) is 4.58. The van der Waals surface area contributed by atoms with Gasteiger partial charge in [-0.1, -0.05) is 19.9 Å². The van der Waals surface area contributed by atoms with Gasteiger partial charge in [0.25, 0.3) is 0 Å². The molecule has 0 radical (unpaired) electrons. The molecule has 2 amide bonds. The summed E-state index contributed by atoms with van der Waals surface area (Å²) < 4.78 is 0. The first-order valence-electron chi connectivity index (χ1n) is 6.98. The summed E-state index contributed by atoms with van der Waals surface area (Å²) in [6.07, 6.45) is 1.36. The Bertz CT molecular complexity index is 472. The highest BCUT2D eigenvalue weighted by Gasteiger charge is 2.07. The van der Waals surface area contributed by atoms with Crippen LogP contribution in [0.1, 0.15) is 32.3 Å². The molecule has 0 saturated heterocycles. The predicted molar refractivity (Wildman–Crippen MR) is 81.9 cm³/mol. The lowest BCUT2D eigenvalue weighted by molar-refractivity contribution is -0.119. The van der Waals surface area contributed by atoms with Crippen LogP contribution in [0.4, 0.5) is 11.4 Å². The van der Waals surface area contributed by atoms with Crippen molar-refractivity contribution in [3.63, 3.8) is 0 Å². The molecule has 0 aliphatic carbocycles. The molecule has 1 rings (SSSR count). The van der Waals surface area contributed by atoms with Crippen molar-refractivity contribution in [2.24, 2.45) is 0 Å². The van der Waals surface area contributed by atoms with Crippen molar-refractivity contribution in [3.05, 3.63) is 23.8 Å². The largest absolute Gasteiger partial charge is 0.376 e. The van der Waals surface area contributed by atoms with Crippen LogP contribution in [0.5, 0.6) is 0 Å². The second kappa shape index (κ2) is 8.19. The SMILES string of the molecule is CCCNC(=O)CNc1cccc(NC(=O)CC)c1C. The van der Waals surface area contributed by atoms with Crippen molar-refractivity contribution >= 4 is 23.2 Å². The minimum absolute atomic E-state index is 0.0223. The molecule has 0 heterocycles. The highest BCUT2D eigenvalue weighted by molar-refractivity contribution is 5.92. The Labute approximate surface area is 120 Å². The second-order valence-corrected chi connectivity index (χ2v) is 4.58. The molecule has 1 aromatic carbocycles.